The molecule has 1 saturated carbocycles. The first-order valence-electron chi connectivity index (χ1n) is 9.50. The van der Waals surface area contributed by atoms with Crippen molar-refractivity contribution in [3.8, 4) is 0 Å². The van der Waals surface area contributed by atoms with Gasteiger partial charge in [-0.3, -0.25) is 14.4 Å². The molecule has 2 N–H and O–H groups in total. The van der Waals surface area contributed by atoms with Gasteiger partial charge in [0.05, 0.1) is 6.61 Å². The first kappa shape index (κ1) is 21.6. The maximum absolute atomic E-state index is 12.0. The Morgan fingerprint density at radius 2 is 1.68 bits per heavy atom. The van der Waals surface area contributed by atoms with Crippen LogP contribution in [0.1, 0.15) is 65.2 Å². The van der Waals surface area contributed by atoms with Gasteiger partial charge < -0.3 is 15.4 Å². The van der Waals surface area contributed by atoms with Crippen molar-refractivity contribution in [1.29, 1.82) is 0 Å². The Hall–Kier alpha value is -1.43. The zero-order valence-corrected chi connectivity index (χ0v) is 15.9. The quantitative estimate of drug-likeness (QED) is 0.596. The van der Waals surface area contributed by atoms with E-state index in [4.69, 9.17) is 4.74 Å². The minimum Gasteiger partial charge on any atom is -0.384 e. The first-order valence-corrected chi connectivity index (χ1v) is 9.50. The maximum Gasteiger partial charge on any atom is 0.222 e. The number of rotatable bonds is 11. The highest BCUT2D eigenvalue weighted by atomic mass is 16.5. The van der Waals surface area contributed by atoms with Crippen molar-refractivity contribution in [2.75, 3.05) is 20.3 Å². The van der Waals surface area contributed by atoms with Gasteiger partial charge in [-0.25, -0.2) is 0 Å². The van der Waals surface area contributed by atoms with Gasteiger partial charge >= 0.3 is 0 Å². The van der Waals surface area contributed by atoms with Crippen LogP contribution in [0.3, 0.4) is 0 Å². The molecule has 1 aliphatic carbocycles. The van der Waals surface area contributed by atoms with Crippen LogP contribution < -0.4 is 10.6 Å². The second-order valence-corrected chi connectivity index (χ2v) is 7.31. The van der Waals surface area contributed by atoms with E-state index in [1.807, 2.05) is 13.8 Å². The lowest BCUT2D eigenvalue weighted by Crippen LogP contribution is -2.39. The van der Waals surface area contributed by atoms with Gasteiger partial charge in [0.25, 0.3) is 0 Å². The molecule has 0 spiro atoms. The minimum absolute atomic E-state index is 0.0354. The summed E-state index contributed by atoms with van der Waals surface area (Å²) in [6, 6.07) is 0.230. The summed E-state index contributed by atoms with van der Waals surface area (Å²) in [5, 5.41) is 6.03. The van der Waals surface area contributed by atoms with E-state index in [0.717, 1.165) is 25.7 Å². The third-order valence-electron chi connectivity index (χ3n) is 4.80. The molecule has 0 aromatic rings. The smallest absolute Gasteiger partial charge is 0.222 e. The van der Waals surface area contributed by atoms with E-state index in [9.17, 15) is 14.4 Å². The fraction of sp³-hybridized carbons (Fsp3) is 0.842. The van der Waals surface area contributed by atoms with Crippen LogP contribution in [0.2, 0.25) is 0 Å². The molecular weight excluding hydrogens is 320 g/mol. The summed E-state index contributed by atoms with van der Waals surface area (Å²) in [5.41, 5.74) is 0. The van der Waals surface area contributed by atoms with Crippen molar-refractivity contribution >= 4 is 17.6 Å². The van der Waals surface area contributed by atoms with Crippen molar-refractivity contribution in [2.24, 2.45) is 11.8 Å². The molecule has 1 rings (SSSR count). The third kappa shape index (κ3) is 9.58. The zero-order valence-electron chi connectivity index (χ0n) is 15.9. The van der Waals surface area contributed by atoms with Crippen LogP contribution in [-0.2, 0) is 19.1 Å². The summed E-state index contributed by atoms with van der Waals surface area (Å²) < 4.78 is 4.89. The second-order valence-electron chi connectivity index (χ2n) is 7.31. The molecule has 6 nitrogen and oxygen atoms in total. The number of Topliss-reactive ketones (excluding diaryl/α,β-unsaturated/α-hetero) is 1. The predicted octanol–water partition coefficient (Wildman–Crippen LogP) is 2.21. The molecule has 144 valence electrons. The number of methoxy groups -OCH3 is 1. The number of amides is 2. The van der Waals surface area contributed by atoms with Crippen LogP contribution >= 0.6 is 0 Å². The standard InChI is InChI=1S/C19H34N2O4/c1-14(2)17(22)5-4-6-19(24)21-16-9-7-15(8-10-16)13-20-18(23)11-12-25-3/h14-16H,4-13H2,1-3H3,(H,20,23)(H,21,24). The first-order chi connectivity index (χ1) is 11.9. The summed E-state index contributed by atoms with van der Waals surface area (Å²) in [5.74, 6) is 0.846. The number of nitrogens with one attached hydrogen (secondary N) is 2. The highest BCUT2D eigenvalue weighted by Crippen LogP contribution is 2.24. The van der Waals surface area contributed by atoms with Crippen LogP contribution in [-0.4, -0.2) is 43.9 Å². The molecule has 0 aromatic heterocycles. The topological polar surface area (TPSA) is 84.5 Å². The predicted molar refractivity (Wildman–Crippen MR) is 97.1 cm³/mol. The zero-order chi connectivity index (χ0) is 18.7. The molecule has 0 aliphatic heterocycles. The molecule has 0 aromatic carbocycles. The van der Waals surface area contributed by atoms with Crippen LogP contribution in [0.5, 0.6) is 0 Å². The van der Waals surface area contributed by atoms with Gasteiger partial charge in [-0.05, 0) is 38.0 Å². The Morgan fingerprint density at radius 3 is 2.28 bits per heavy atom. The Kier molecular flexibility index (Phi) is 10.4. The summed E-state index contributed by atoms with van der Waals surface area (Å²) in [7, 11) is 1.59. The fourth-order valence-electron chi connectivity index (χ4n) is 3.06. The number of ether oxygens (including phenoxy) is 1. The van der Waals surface area contributed by atoms with Crippen LogP contribution in [0.15, 0.2) is 0 Å². The second kappa shape index (κ2) is 12.0. The lowest BCUT2D eigenvalue weighted by molar-refractivity contribution is -0.123. The van der Waals surface area contributed by atoms with Gasteiger partial charge in [-0.1, -0.05) is 13.8 Å². The third-order valence-corrected chi connectivity index (χ3v) is 4.80. The number of hydrogen-bond acceptors (Lipinski definition) is 4. The van der Waals surface area contributed by atoms with Gasteiger partial charge in [0, 0.05) is 44.9 Å². The normalized spacial score (nSPS) is 20.3. The Labute approximate surface area is 151 Å². The molecule has 0 unspecified atom stereocenters. The Bertz CT molecular complexity index is 429. The van der Waals surface area contributed by atoms with E-state index < -0.39 is 0 Å². The summed E-state index contributed by atoms with van der Waals surface area (Å²) in [4.78, 5) is 35.1. The van der Waals surface area contributed by atoms with Crippen molar-refractivity contribution in [2.45, 2.75) is 71.3 Å². The number of carbonyl (C=O) groups excluding carboxylic acids is 3. The van der Waals surface area contributed by atoms with E-state index in [1.54, 1.807) is 7.11 Å². The lowest BCUT2D eigenvalue weighted by atomic mass is 9.86. The molecular formula is C19H34N2O4. The van der Waals surface area contributed by atoms with E-state index in [-0.39, 0.29) is 29.6 Å². The molecule has 0 saturated heterocycles. The van der Waals surface area contributed by atoms with E-state index in [0.29, 0.717) is 44.8 Å². The van der Waals surface area contributed by atoms with Gasteiger partial charge in [0.15, 0.2) is 0 Å². The van der Waals surface area contributed by atoms with E-state index in [2.05, 4.69) is 10.6 Å². The van der Waals surface area contributed by atoms with Gasteiger partial charge in [0.1, 0.15) is 5.78 Å². The van der Waals surface area contributed by atoms with Crippen molar-refractivity contribution in [1.82, 2.24) is 10.6 Å². The van der Waals surface area contributed by atoms with E-state index >= 15 is 0 Å². The average molecular weight is 354 g/mol. The molecule has 0 radical (unpaired) electrons. The van der Waals surface area contributed by atoms with Gasteiger partial charge in [-0.15, -0.1) is 0 Å². The number of carbonyl (C=O) groups is 3. The summed E-state index contributed by atoms with van der Waals surface area (Å²) in [6.45, 7) is 4.94. The maximum atomic E-state index is 12.0. The molecule has 6 heteroatoms. The van der Waals surface area contributed by atoms with E-state index in [1.165, 1.54) is 0 Å². The molecule has 0 bridgehead atoms. The van der Waals surface area contributed by atoms with Crippen LogP contribution in [0, 0.1) is 11.8 Å². The van der Waals surface area contributed by atoms with Gasteiger partial charge in [-0.2, -0.15) is 0 Å². The molecule has 1 fully saturated rings. The molecule has 25 heavy (non-hydrogen) atoms. The average Bonchev–Trinajstić information content (AvgIpc) is 2.59. The Balaban J connectivity index is 2.12. The minimum atomic E-state index is 0.0354. The summed E-state index contributed by atoms with van der Waals surface area (Å²) >= 11 is 0. The highest BCUT2D eigenvalue weighted by Gasteiger charge is 2.22. The van der Waals surface area contributed by atoms with Gasteiger partial charge in [0.2, 0.25) is 11.8 Å². The molecule has 0 heterocycles. The fourth-order valence-corrected chi connectivity index (χ4v) is 3.06. The Morgan fingerprint density at radius 1 is 1.00 bits per heavy atom. The molecule has 0 atom stereocenters. The largest absolute Gasteiger partial charge is 0.384 e. The van der Waals surface area contributed by atoms with Crippen molar-refractivity contribution in [3.63, 3.8) is 0 Å². The van der Waals surface area contributed by atoms with Crippen LogP contribution in [0.25, 0.3) is 0 Å². The lowest BCUT2D eigenvalue weighted by Gasteiger charge is -2.29. The number of hydrogen-bond donors (Lipinski definition) is 2. The SMILES string of the molecule is COCCC(=O)NCC1CCC(NC(=O)CCCC(=O)C(C)C)CC1. The highest BCUT2D eigenvalue weighted by molar-refractivity contribution is 5.81. The molecule has 1 aliphatic rings. The summed E-state index contributed by atoms with van der Waals surface area (Å²) in [6.07, 6.45) is 5.88. The number of ketones is 1. The van der Waals surface area contributed by atoms with Crippen molar-refractivity contribution in [3.05, 3.63) is 0 Å². The molecule has 2 amide bonds. The van der Waals surface area contributed by atoms with Crippen LogP contribution in [0.4, 0.5) is 0 Å². The monoisotopic (exact) mass is 354 g/mol. The van der Waals surface area contributed by atoms with Crippen molar-refractivity contribution < 1.29 is 19.1 Å².